The molecule has 2 heterocycles. The molecule has 3 heteroatoms. The predicted molar refractivity (Wildman–Crippen MR) is 62.1 cm³/mol. The topological polar surface area (TPSA) is 20.3 Å². The summed E-state index contributed by atoms with van der Waals surface area (Å²) in [6, 6.07) is 10.3. The summed E-state index contributed by atoms with van der Waals surface area (Å²) in [4.78, 5) is 13.2. The summed E-state index contributed by atoms with van der Waals surface area (Å²) >= 11 is 1.86. The Bertz CT molecular complexity index is 427. The van der Waals surface area contributed by atoms with E-state index in [1.807, 2.05) is 41.1 Å². The number of fused-ring (bicyclic) bond motifs is 1. The maximum atomic E-state index is 11.3. The Labute approximate surface area is 93.0 Å². The average molecular weight is 217 g/mol. The summed E-state index contributed by atoms with van der Waals surface area (Å²) in [5.74, 6) is 1.26. The Morgan fingerprint density at radius 1 is 1.27 bits per heavy atom. The van der Waals surface area contributed by atoms with Gasteiger partial charge in [-0.1, -0.05) is 30.3 Å². The zero-order valence-corrected chi connectivity index (χ0v) is 9.04. The molecule has 2 aliphatic heterocycles. The van der Waals surface area contributed by atoms with E-state index in [1.165, 1.54) is 11.1 Å². The number of rotatable bonds is 1. The lowest BCUT2D eigenvalue weighted by Gasteiger charge is -2.41. The second-order valence-electron chi connectivity index (χ2n) is 3.79. The SMILES string of the molecule is O=C1C[C@H]2SCC(c3ccccc3)=CN12. The van der Waals surface area contributed by atoms with Crippen LogP contribution in [0.25, 0.3) is 5.57 Å². The summed E-state index contributed by atoms with van der Waals surface area (Å²) in [6.45, 7) is 0. The van der Waals surface area contributed by atoms with Crippen molar-refractivity contribution in [1.82, 2.24) is 4.90 Å². The molecule has 1 amide bonds. The van der Waals surface area contributed by atoms with E-state index in [-0.39, 0.29) is 5.91 Å². The minimum absolute atomic E-state index is 0.251. The van der Waals surface area contributed by atoms with Crippen LogP contribution in [-0.2, 0) is 4.79 Å². The number of amides is 1. The molecule has 0 aromatic heterocycles. The normalized spacial score (nSPS) is 24.3. The van der Waals surface area contributed by atoms with Crippen LogP contribution < -0.4 is 0 Å². The summed E-state index contributed by atoms with van der Waals surface area (Å²) < 4.78 is 0. The van der Waals surface area contributed by atoms with Gasteiger partial charge in [-0.3, -0.25) is 4.79 Å². The fraction of sp³-hybridized carbons (Fsp3) is 0.250. The first kappa shape index (κ1) is 9.04. The molecule has 2 nitrogen and oxygen atoms in total. The van der Waals surface area contributed by atoms with Gasteiger partial charge in [-0.15, -0.1) is 11.8 Å². The van der Waals surface area contributed by atoms with Gasteiger partial charge in [0.05, 0.1) is 11.8 Å². The van der Waals surface area contributed by atoms with Crippen LogP contribution in [-0.4, -0.2) is 21.9 Å². The van der Waals surface area contributed by atoms with Crippen molar-refractivity contribution in [2.24, 2.45) is 0 Å². The van der Waals surface area contributed by atoms with E-state index < -0.39 is 0 Å². The van der Waals surface area contributed by atoms with Gasteiger partial charge in [-0.05, 0) is 11.1 Å². The van der Waals surface area contributed by atoms with Crippen molar-refractivity contribution in [3.8, 4) is 0 Å². The fourth-order valence-electron chi connectivity index (χ4n) is 1.90. The molecule has 0 radical (unpaired) electrons. The number of benzene rings is 1. The van der Waals surface area contributed by atoms with Crippen molar-refractivity contribution in [3.63, 3.8) is 0 Å². The van der Waals surface area contributed by atoms with Gasteiger partial charge in [0.2, 0.25) is 5.91 Å². The minimum Gasteiger partial charge on any atom is -0.306 e. The largest absolute Gasteiger partial charge is 0.306 e. The maximum absolute atomic E-state index is 11.3. The Morgan fingerprint density at radius 2 is 2.07 bits per heavy atom. The van der Waals surface area contributed by atoms with Crippen LogP contribution >= 0.6 is 11.8 Å². The Morgan fingerprint density at radius 3 is 2.80 bits per heavy atom. The second-order valence-corrected chi connectivity index (χ2v) is 4.96. The third-order valence-electron chi connectivity index (χ3n) is 2.82. The Hall–Kier alpha value is -1.22. The molecule has 76 valence electrons. The molecule has 15 heavy (non-hydrogen) atoms. The molecule has 3 rings (SSSR count). The van der Waals surface area contributed by atoms with Gasteiger partial charge < -0.3 is 4.90 Å². The smallest absolute Gasteiger partial charge is 0.230 e. The van der Waals surface area contributed by atoms with Gasteiger partial charge in [-0.25, -0.2) is 0 Å². The lowest BCUT2D eigenvalue weighted by Crippen LogP contribution is -2.48. The molecule has 0 aliphatic carbocycles. The average Bonchev–Trinajstić information content (AvgIpc) is 2.29. The second kappa shape index (κ2) is 3.42. The summed E-state index contributed by atoms with van der Waals surface area (Å²) in [5.41, 5.74) is 2.48. The van der Waals surface area contributed by atoms with Crippen molar-refractivity contribution in [3.05, 3.63) is 42.1 Å². The molecular weight excluding hydrogens is 206 g/mol. The molecule has 2 aliphatic rings. The number of hydrogen-bond donors (Lipinski definition) is 0. The summed E-state index contributed by atoms with van der Waals surface area (Å²) in [5, 5.41) is 0.407. The fourth-order valence-corrected chi connectivity index (χ4v) is 3.11. The Kier molecular flexibility index (Phi) is 2.06. The highest BCUT2D eigenvalue weighted by molar-refractivity contribution is 8.00. The highest BCUT2D eigenvalue weighted by Crippen LogP contribution is 2.38. The van der Waals surface area contributed by atoms with E-state index in [0.29, 0.717) is 11.8 Å². The standard InChI is InChI=1S/C12H11NOS/c14-11-6-12-13(11)7-10(8-15-12)9-4-2-1-3-5-9/h1-5,7,12H,6,8H2/t12-/m1/s1. The molecule has 1 saturated heterocycles. The van der Waals surface area contributed by atoms with E-state index in [1.54, 1.807) is 0 Å². The predicted octanol–water partition coefficient (Wildman–Crippen LogP) is 2.33. The number of hydrogen-bond acceptors (Lipinski definition) is 2. The van der Waals surface area contributed by atoms with E-state index in [4.69, 9.17) is 0 Å². The first-order chi connectivity index (χ1) is 7.34. The van der Waals surface area contributed by atoms with E-state index in [2.05, 4.69) is 12.1 Å². The zero-order valence-electron chi connectivity index (χ0n) is 8.22. The number of carbonyl (C=O) groups is 1. The minimum atomic E-state index is 0.251. The molecule has 0 unspecified atom stereocenters. The highest BCUT2D eigenvalue weighted by Gasteiger charge is 2.37. The molecule has 1 aromatic carbocycles. The van der Waals surface area contributed by atoms with Crippen LogP contribution in [0.1, 0.15) is 12.0 Å². The number of β-lactam (4-membered cyclic amide) rings is 1. The first-order valence-corrected chi connectivity index (χ1v) is 6.08. The third-order valence-corrected chi connectivity index (χ3v) is 4.07. The monoisotopic (exact) mass is 217 g/mol. The lowest BCUT2D eigenvalue weighted by molar-refractivity contribution is -0.137. The van der Waals surface area contributed by atoms with Crippen molar-refractivity contribution < 1.29 is 4.79 Å². The highest BCUT2D eigenvalue weighted by atomic mass is 32.2. The van der Waals surface area contributed by atoms with E-state index in [0.717, 1.165) is 5.75 Å². The van der Waals surface area contributed by atoms with E-state index >= 15 is 0 Å². The molecule has 0 bridgehead atoms. The molecule has 0 saturated carbocycles. The third kappa shape index (κ3) is 1.47. The number of thioether (sulfide) groups is 1. The van der Waals surface area contributed by atoms with Gasteiger partial charge >= 0.3 is 0 Å². The van der Waals surface area contributed by atoms with Crippen LogP contribution in [0.15, 0.2) is 36.5 Å². The number of carbonyl (C=O) groups excluding carboxylic acids is 1. The summed E-state index contributed by atoms with van der Waals surface area (Å²) in [6.07, 6.45) is 2.73. The van der Waals surface area contributed by atoms with Crippen LogP contribution in [0, 0.1) is 0 Å². The van der Waals surface area contributed by atoms with Gasteiger partial charge in [0.1, 0.15) is 0 Å². The summed E-state index contributed by atoms with van der Waals surface area (Å²) in [7, 11) is 0. The van der Waals surface area contributed by atoms with Crippen LogP contribution in [0.2, 0.25) is 0 Å². The van der Waals surface area contributed by atoms with Gasteiger partial charge in [0, 0.05) is 12.0 Å². The van der Waals surface area contributed by atoms with Crippen molar-refractivity contribution >= 4 is 23.2 Å². The quantitative estimate of drug-likeness (QED) is 0.673. The van der Waals surface area contributed by atoms with E-state index in [9.17, 15) is 4.79 Å². The maximum Gasteiger partial charge on any atom is 0.230 e. The van der Waals surface area contributed by atoms with Crippen molar-refractivity contribution in [2.75, 3.05) is 5.75 Å². The van der Waals surface area contributed by atoms with Gasteiger partial charge in [0.15, 0.2) is 0 Å². The zero-order chi connectivity index (χ0) is 10.3. The van der Waals surface area contributed by atoms with Crippen molar-refractivity contribution in [2.45, 2.75) is 11.8 Å². The molecule has 1 aromatic rings. The molecule has 0 spiro atoms. The van der Waals surface area contributed by atoms with Crippen LogP contribution in [0.4, 0.5) is 0 Å². The van der Waals surface area contributed by atoms with Gasteiger partial charge in [-0.2, -0.15) is 0 Å². The number of nitrogens with zero attached hydrogens (tertiary/aromatic N) is 1. The molecule has 0 N–H and O–H groups in total. The lowest BCUT2D eigenvalue weighted by atomic mass is 10.1. The van der Waals surface area contributed by atoms with Crippen LogP contribution in [0.3, 0.4) is 0 Å². The Balaban J connectivity index is 1.91. The first-order valence-electron chi connectivity index (χ1n) is 5.03. The molecule has 1 fully saturated rings. The van der Waals surface area contributed by atoms with Gasteiger partial charge in [0.25, 0.3) is 0 Å². The molecular formula is C12H11NOS. The van der Waals surface area contributed by atoms with Crippen molar-refractivity contribution in [1.29, 1.82) is 0 Å². The van der Waals surface area contributed by atoms with Crippen LogP contribution in [0.5, 0.6) is 0 Å². The molecule has 1 atom stereocenters.